The number of nitrogen functional groups attached to an aromatic ring is 1. The van der Waals surface area contributed by atoms with Crippen molar-refractivity contribution in [1.82, 2.24) is 0 Å². The summed E-state index contributed by atoms with van der Waals surface area (Å²) in [7, 11) is 2.22. The topological polar surface area (TPSA) is 29.9 Å². The molecule has 0 saturated carbocycles. The van der Waals surface area contributed by atoms with Gasteiger partial charge in [-0.15, -0.1) is 0 Å². The zero-order valence-electron chi connectivity index (χ0n) is 8.77. The normalized spacial score (nSPS) is 18.4. The maximum Gasteiger partial charge on any atom is 0.186 e. The number of anilines is 1. The van der Waals surface area contributed by atoms with E-state index in [1.807, 2.05) is 0 Å². The Labute approximate surface area is 84.7 Å². The van der Waals surface area contributed by atoms with Crippen molar-refractivity contribution in [2.24, 2.45) is 7.05 Å². The van der Waals surface area contributed by atoms with E-state index in [1.165, 1.54) is 61.0 Å². The largest absolute Gasteiger partial charge is 0.398 e. The number of nitrogens with zero attached hydrogens (tertiary/aromatic N) is 1. The molecule has 0 fully saturated rings. The van der Waals surface area contributed by atoms with Gasteiger partial charge in [-0.3, -0.25) is 0 Å². The van der Waals surface area contributed by atoms with Crippen LogP contribution in [0.3, 0.4) is 0 Å². The molecule has 0 aromatic carbocycles. The van der Waals surface area contributed by atoms with E-state index in [-0.39, 0.29) is 0 Å². The van der Waals surface area contributed by atoms with Crippen LogP contribution in [0, 0.1) is 0 Å². The molecule has 3 rings (SSSR count). The summed E-state index contributed by atoms with van der Waals surface area (Å²) >= 11 is 0. The third kappa shape index (κ3) is 0.887. The van der Waals surface area contributed by atoms with Crippen molar-refractivity contribution in [3.63, 3.8) is 0 Å². The van der Waals surface area contributed by atoms with Crippen LogP contribution in [-0.4, -0.2) is 0 Å². The first-order valence-corrected chi connectivity index (χ1v) is 5.60. The molecule has 2 nitrogen and oxygen atoms in total. The lowest BCUT2D eigenvalue weighted by molar-refractivity contribution is -0.686. The van der Waals surface area contributed by atoms with Crippen LogP contribution in [0.25, 0.3) is 0 Å². The summed E-state index contributed by atoms with van der Waals surface area (Å²) in [5.41, 5.74) is 13.3. The number of hydrogen-bond acceptors (Lipinski definition) is 1. The van der Waals surface area contributed by atoms with E-state index in [1.54, 1.807) is 0 Å². The molecule has 1 aromatic heterocycles. The minimum atomic E-state index is 1.13. The molecule has 14 heavy (non-hydrogen) atoms. The molecule has 0 unspecified atom stereocenters. The Kier molecular flexibility index (Phi) is 1.61. The Morgan fingerprint density at radius 1 is 0.929 bits per heavy atom. The van der Waals surface area contributed by atoms with Gasteiger partial charge < -0.3 is 5.73 Å². The fraction of sp³-hybridized carbons (Fsp3) is 0.583. The van der Waals surface area contributed by atoms with E-state index < -0.39 is 0 Å². The Bertz CT molecular complexity index is 335. The van der Waals surface area contributed by atoms with Crippen molar-refractivity contribution in [2.75, 3.05) is 5.73 Å². The minimum Gasteiger partial charge on any atom is -0.398 e. The van der Waals surface area contributed by atoms with Crippen LogP contribution in [0.5, 0.6) is 0 Å². The lowest BCUT2D eigenvalue weighted by Gasteiger charge is -2.08. The van der Waals surface area contributed by atoms with Gasteiger partial charge in [-0.05, 0) is 25.7 Å². The number of fused-ring (bicyclic) bond motifs is 2. The smallest absolute Gasteiger partial charge is 0.186 e. The highest BCUT2D eigenvalue weighted by Crippen LogP contribution is 2.32. The maximum absolute atomic E-state index is 6.24. The summed E-state index contributed by atoms with van der Waals surface area (Å²) in [4.78, 5) is 0. The first-order chi connectivity index (χ1) is 6.79. The number of hydrogen-bond donors (Lipinski definition) is 1. The van der Waals surface area contributed by atoms with Gasteiger partial charge in [0.15, 0.2) is 11.4 Å². The van der Waals surface area contributed by atoms with Gasteiger partial charge in [0.25, 0.3) is 0 Å². The second-order valence-corrected chi connectivity index (χ2v) is 4.53. The monoisotopic (exact) mass is 189 g/mol. The van der Waals surface area contributed by atoms with E-state index in [4.69, 9.17) is 5.73 Å². The van der Waals surface area contributed by atoms with Crippen molar-refractivity contribution in [2.45, 2.75) is 38.5 Å². The van der Waals surface area contributed by atoms with Crippen LogP contribution in [0.2, 0.25) is 0 Å². The average Bonchev–Trinajstić information content (AvgIpc) is 2.82. The van der Waals surface area contributed by atoms with Crippen LogP contribution in [-0.2, 0) is 32.7 Å². The third-order valence-electron chi connectivity index (χ3n) is 3.84. The van der Waals surface area contributed by atoms with Crippen molar-refractivity contribution in [3.8, 4) is 0 Å². The van der Waals surface area contributed by atoms with E-state index in [0.29, 0.717) is 0 Å². The van der Waals surface area contributed by atoms with Gasteiger partial charge in [0, 0.05) is 24.0 Å². The molecule has 1 aromatic rings. The fourth-order valence-electron chi connectivity index (χ4n) is 3.12. The molecular formula is C12H17N2+. The summed E-state index contributed by atoms with van der Waals surface area (Å²) in [5, 5.41) is 0. The molecule has 1 heterocycles. The molecule has 74 valence electrons. The predicted molar refractivity (Wildman–Crippen MR) is 56.1 cm³/mol. The number of nitrogens with two attached hydrogens (primary N) is 1. The highest BCUT2D eigenvalue weighted by Gasteiger charge is 2.31. The van der Waals surface area contributed by atoms with Crippen molar-refractivity contribution in [3.05, 3.63) is 22.5 Å². The zero-order chi connectivity index (χ0) is 9.71. The SMILES string of the molecule is C[n+]1c2c(c(N)c3c1CCC3)CCC2. The predicted octanol–water partition coefficient (Wildman–Crippen LogP) is 1.07. The van der Waals surface area contributed by atoms with Gasteiger partial charge in [0.05, 0.1) is 5.69 Å². The zero-order valence-corrected chi connectivity index (χ0v) is 8.77. The van der Waals surface area contributed by atoms with Crippen LogP contribution < -0.4 is 10.3 Å². The van der Waals surface area contributed by atoms with E-state index in [2.05, 4.69) is 11.6 Å². The molecule has 0 spiro atoms. The Morgan fingerprint density at radius 2 is 1.43 bits per heavy atom. The first-order valence-electron chi connectivity index (χ1n) is 5.60. The summed E-state index contributed by atoms with van der Waals surface area (Å²) in [5.74, 6) is 0. The molecule has 0 saturated heterocycles. The standard InChI is InChI=1S/C12H16N2/c1-14-10-6-2-4-8(10)12(13)9-5-3-7-11(9)14/h13H,2-7H2,1H3/p+1. The van der Waals surface area contributed by atoms with Crippen molar-refractivity contribution in [1.29, 1.82) is 0 Å². The summed E-state index contributed by atoms with van der Waals surface area (Å²) in [6.45, 7) is 0. The molecule has 0 bridgehead atoms. The van der Waals surface area contributed by atoms with Gasteiger partial charge >= 0.3 is 0 Å². The van der Waals surface area contributed by atoms with E-state index in [9.17, 15) is 0 Å². The molecule has 0 atom stereocenters. The van der Waals surface area contributed by atoms with Gasteiger partial charge in [0.2, 0.25) is 0 Å². The summed E-state index contributed by atoms with van der Waals surface area (Å²) in [6, 6.07) is 0. The maximum atomic E-state index is 6.24. The Morgan fingerprint density at radius 3 is 1.93 bits per heavy atom. The lowest BCUT2D eigenvalue weighted by Crippen LogP contribution is -2.39. The molecule has 2 aliphatic carbocycles. The van der Waals surface area contributed by atoms with Gasteiger partial charge in [-0.25, -0.2) is 4.57 Å². The van der Waals surface area contributed by atoms with Gasteiger partial charge in [-0.2, -0.15) is 0 Å². The number of rotatable bonds is 0. The summed E-state index contributed by atoms with van der Waals surface area (Å²) in [6.07, 6.45) is 7.42. The molecule has 2 N–H and O–H groups in total. The Balaban J connectivity index is 2.33. The quantitative estimate of drug-likeness (QED) is 0.608. The van der Waals surface area contributed by atoms with Crippen LogP contribution in [0.4, 0.5) is 5.69 Å². The molecule has 2 heteroatoms. The summed E-state index contributed by atoms with van der Waals surface area (Å²) < 4.78 is 2.42. The van der Waals surface area contributed by atoms with Gasteiger partial charge in [-0.1, -0.05) is 0 Å². The fourth-order valence-corrected chi connectivity index (χ4v) is 3.12. The molecular weight excluding hydrogens is 172 g/mol. The second kappa shape index (κ2) is 2.72. The first kappa shape index (κ1) is 8.27. The van der Waals surface area contributed by atoms with Crippen molar-refractivity contribution < 1.29 is 4.57 Å². The second-order valence-electron chi connectivity index (χ2n) is 4.53. The molecule has 2 aliphatic rings. The average molecular weight is 189 g/mol. The van der Waals surface area contributed by atoms with Gasteiger partial charge in [0.1, 0.15) is 7.05 Å². The van der Waals surface area contributed by atoms with E-state index in [0.717, 1.165) is 5.69 Å². The number of aromatic nitrogens is 1. The van der Waals surface area contributed by atoms with Crippen LogP contribution in [0.1, 0.15) is 35.4 Å². The lowest BCUT2D eigenvalue weighted by atomic mass is 10.1. The van der Waals surface area contributed by atoms with Crippen molar-refractivity contribution >= 4 is 5.69 Å². The molecule has 0 radical (unpaired) electrons. The molecule has 0 amide bonds. The molecule has 0 aliphatic heterocycles. The number of pyridine rings is 1. The highest BCUT2D eigenvalue weighted by molar-refractivity contribution is 5.57. The highest BCUT2D eigenvalue weighted by atomic mass is 15.0. The van der Waals surface area contributed by atoms with Crippen LogP contribution in [0.15, 0.2) is 0 Å². The minimum absolute atomic E-state index is 1.13. The third-order valence-corrected chi connectivity index (χ3v) is 3.84. The van der Waals surface area contributed by atoms with E-state index >= 15 is 0 Å². The Hall–Kier alpha value is -1.05. The van der Waals surface area contributed by atoms with Crippen LogP contribution >= 0.6 is 0 Å².